The Hall–Kier alpha value is -1.44. The Morgan fingerprint density at radius 1 is 1.11 bits per heavy atom. The van der Waals surface area contributed by atoms with Gasteiger partial charge in [-0.15, -0.1) is 0 Å². The van der Waals surface area contributed by atoms with Crippen LogP contribution in [0.15, 0.2) is 12.4 Å². The summed E-state index contributed by atoms with van der Waals surface area (Å²) in [5.74, 6) is 2.19. The number of anilines is 1. The van der Waals surface area contributed by atoms with Gasteiger partial charge in [0.05, 0.1) is 23.5 Å². The van der Waals surface area contributed by atoms with Gasteiger partial charge in [-0.3, -0.25) is 4.79 Å². The fraction of sp³-hybridized carbons (Fsp3) is 0.737. The van der Waals surface area contributed by atoms with E-state index in [0.29, 0.717) is 30.0 Å². The summed E-state index contributed by atoms with van der Waals surface area (Å²) in [7, 11) is 0. The van der Waals surface area contributed by atoms with Crippen molar-refractivity contribution in [2.75, 3.05) is 51.2 Å². The van der Waals surface area contributed by atoms with Crippen LogP contribution >= 0.6 is 11.6 Å². The minimum atomic E-state index is -0.0445. The van der Waals surface area contributed by atoms with Crippen molar-refractivity contribution in [3.05, 3.63) is 17.4 Å². The zero-order valence-corrected chi connectivity index (χ0v) is 16.4. The molecule has 0 spiro atoms. The molecule has 3 heterocycles. The second-order valence-electron chi connectivity index (χ2n) is 8.02. The molecule has 3 fully saturated rings. The molecule has 1 unspecified atom stereocenters. The van der Waals surface area contributed by atoms with Crippen LogP contribution in [0.2, 0.25) is 5.02 Å². The molecular formula is C19H28ClN5O2. The van der Waals surface area contributed by atoms with Gasteiger partial charge in [-0.05, 0) is 50.6 Å². The molecule has 1 saturated carbocycles. The lowest BCUT2D eigenvalue weighted by Gasteiger charge is -2.38. The number of halogens is 1. The smallest absolute Gasteiger partial charge is 0.248 e. The number of hydrogen-bond acceptors (Lipinski definition) is 6. The number of aromatic nitrogens is 2. The van der Waals surface area contributed by atoms with Crippen LogP contribution in [0.3, 0.4) is 0 Å². The summed E-state index contributed by atoms with van der Waals surface area (Å²) in [6.07, 6.45) is 8.29. The number of piperidine rings is 1. The predicted octanol–water partition coefficient (Wildman–Crippen LogP) is 1.89. The SMILES string of the molecule is O=C1COC(CNc2ncc(Cl)cn2)CN1CC1CCN(CC2CC2)CC1. The van der Waals surface area contributed by atoms with Gasteiger partial charge < -0.3 is 19.9 Å². The summed E-state index contributed by atoms with van der Waals surface area (Å²) in [6.45, 7) is 5.86. The van der Waals surface area contributed by atoms with E-state index in [9.17, 15) is 4.79 Å². The lowest BCUT2D eigenvalue weighted by molar-refractivity contribution is -0.149. The Bertz CT molecular complexity index is 631. The number of ether oxygens (including phenoxy) is 1. The molecule has 1 atom stereocenters. The minimum Gasteiger partial charge on any atom is -0.365 e. The van der Waals surface area contributed by atoms with Gasteiger partial charge in [0.15, 0.2) is 0 Å². The zero-order chi connectivity index (χ0) is 18.6. The quantitative estimate of drug-likeness (QED) is 0.762. The summed E-state index contributed by atoms with van der Waals surface area (Å²) in [4.78, 5) is 25.1. The number of morpholine rings is 1. The van der Waals surface area contributed by atoms with Crippen molar-refractivity contribution in [1.82, 2.24) is 19.8 Å². The molecule has 27 heavy (non-hydrogen) atoms. The van der Waals surface area contributed by atoms with Crippen LogP contribution in [0.5, 0.6) is 0 Å². The average Bonchev–Trinajstić information content (AvgIpc) is 3.49. The summed E-state index contributed by atoms with van der Waals surface area (Å²) >= 11 is 5.80. The van der Waals surface area contributed by atoms with E-state index < -0.39 is 0 Å². The Labute approximate surface area is 165 Å². The number of carbonyl (C=O) groups excluding carboxylic acids is 1. The second-order valence-corrected chi connectivity index (χ2v) is 8.46. The normalized spacial score (nSPS) is 25.0. The first-order chi connectivity index (χ1) is 13.2. The highest BCUT2D eigenvalue weighted by molar-refractivity contribution is 6.30. The van der Waals surface area contributed by atoms with E-state index in [4.69, 9.17) is 16.3 Å². The Morgan fingerprint density at radius 3 is 2.52 bits per heavy atom. The third-order valence-electron chi connectivity index (χ3n) is 5.73. The molecule has 2 aliphatic heterocycles. The highest BCUT2D eigenvalue weighted by Gasteiger charge is 2.31. The maximum Gasteiger partial charge on any atom is 0.248 e. The monoisotopic (exact) mass is 393 g/mol. The van der Waals surface area contributed by atoms with Crippen molar-refractivity contribution < 1.29 is 9.53 Å². The van der Waals surface area contributed by atoms with Crippen molar-refractivity contribution in [3.63, 3.8) is 0 Å². The molecule has 3 aliphatic rings. The standard InChI is InChI=1S/C19H28ClN5O2/c20-16-7-21-19(22-8-16)23-9-17-12-25(18(26)13-27-17)11-15-3-5-24(6-4-15)10-14-1-2-14/h7-8,14-15,17H,1-6,9-13H2,(H,21,22,23). The van der Waals surface area contributed by atoms with Gasteiger partial charge in [-0.1, -0.05) is 11.6 Å². The molecule has 1 aliphatic carbocycles. The molecule has 0 bridgehead atoms. The van der Waals surface area contributed by atoms with E-state index in [-0.39, 0.29) is 18.6 Å². The minimum absolute atomic E-state index is 0.0445. The average molecular weight is 394 g/mol. The summed E-state index contributed by atoms with van der Waals surface area (Å²) in [6, 6.07) is 0. The molecule has 2 saturated heterocycles. The Morgan fingerprint density at radius 2 is 1.81 bits per heavy atom. The Kier molecular flexibility index (Phi) is 6.10. The lowest BCUT2D eigenvalue weighted by Crippen LogP contribution is -2.51. The van der Waals surface area contributed by atoms with Crippen molar-refractivity contribution in [2.45, 2.75) is 31.8 Å². The fourth-order valence-corrected chi connectivity index (χ4v) is 4.02. The number of carbonyl (C=O) groups is 1. The maximum absolute atomic E-state index is 12.3. The van der Waals surface area contributed by atoms with Crippen molar-refractivity contribution in [3.8, 4) is 0 Å². The first kappa shape index (κ1) is 18.9. The third kappa shape index (κ3) is 5.53. The van der Waals surface area contributed by atoms with Crippen LogP contribution in [-0.2, 0) is 9.53 Å². The molecule has 1 N–H and O–H groups in total. The third-order valence-corrected chi connectivity index (χ3v) is 5.92. The van der Waals surface area contributed by atoms with Crippen LogP contribution in [0.25, 0.3) is 0 Å². The van der Waals surface area contributed by atoms with Gasteiger partial charge in [0.25, 0.3) is 0 Å². The number of amides is 1. The number of likely N-dealkylation sites (tertiary alicyclic amines) is 1. The number of hydrogen-bond donors (Lipinski definition) is 1. The lowest BCUT2D eigenvalue weighted by atomic mass is 9.95. The van der Waals surface area contributed by atoms with Crippen molar-refractivity contribution in [2.24, 2.45) is 11.8 Å². The van der Waals surface area contributed by atoms with E-state index in [1.54, 1.807) is 12.4 Å². The maximum atomic E-state index is 12.3. The number of nitrogens with one attached hydrogen (secondary N) is 1. The highest BCUT2D eigenvalue weighted by Crippen LogP contribution is 2.31. The molecule has 0 aromatic carbocycles. The largest absolute Gasteiger partial charge is 0.365 e. The number of rotatable bonds is 7. The van der Waals surface area contributed by atoms with Gasteiger partial charge in [-0.25, -0.2) is 9.97 Å². The predicted molar refractivity (Wildman–Crippen MR) is 104 cm³/mol. The van der Waals surface area contributed by atoms with Crippen LogP contribution < -0.4 is 5.32 Å². The first-order valence-electron chi connectivity index (χ1n) is 9.99. The van der Waals surface area contributed by atoms with Gasteiger partial charge in [-0.2, -0.15) is 0 Å². The molecular weight excluding hydrogens is 366 g/mol. The molecule has 4 rings (SSSR count). The van der Waals surface area contributed by atoms with Crippen molar-refractivity contribution >= 4 is 23.5 Å². The van der Waals surface area contributed by atoms with Gasteiger partial charge in [0, 0.05) is 26.2 Å². The summed E-state index contributed by atoms with van der Waals surface area (Å²) in [5, 5.41) is 3.67. The van der Waals surface area contributed by atoms with Gasteiger partial charge in [0.2, 0.25) is 11.9 Å². The van der Waals surface area contributed by atoms with Crippen molar-refractivity contribution in [1.29, 1.82) is 0 Å². The first-order valence-corrected chi connectivity index (χ1v) is 10.4. The van der Waals surface area contributed by atoms with E-state index in [0.717, 1.165) is 12.5 Å². The van der Waals surface area contributed by atoms with Crippen LogP contribution in [-0.4, -0.2) is 77.7 Å². The molecule has 148 valence electrons. The molecule has 1 amide bonds. The topological polar surface area (TPSA) is 70.6 Å². The highest BCUT2D eigenvalue weighted by atomic mass is 35.5. The molecule has 0 radical (unpaired) electrons. The molecule has 1 aromatic heterocycles. The Balaban J connectivity index is 1.21. The summed E-state index contributed by atoms with van der Waals surface area (Å²) < 4.78 is 5.68. The van der Waals surface area contributed by atoms with E-state index >= 15 is 0 Å². The number of nitrogens with zero attached hydrogens (tertiary/aromatic N) is 4. The van der Waals surface area contributed by atoms with Gasteiger partial charge >= 0.3 is 0 Å². The molecule has 1 aromatic rings. The summed E-state index contributed by atoms with van der Waals surface area (Å²) in [5.41, 5.74) is 0. The van der Waals surface area contributed by atoms with E-state index in [1.165, 1.54) is 45.3 Å². The second kappa shape index (κ2) is 8.71. The fourth-order valence-electron chi connectivity index (χ4n) is 3.92. The molecule has 8 heteroatoms. The zero-order valence-electron chi connectivity index (χ0n) is 15.6. The van der Waals surface area contributed by atoms with Crippen LogP contribution in [0.4, 0.5) is 5.95 Å². The van der Waals surface area contributed by atoms with E-state index in [1.807, 2.05) is 4.90 Å². The van der Waals surface area contributed by atoms with E-state index in [2.05, 4.69) is 20.2 Å². The molecule has 7 nitrogen and oxygen atoms in total. The van der Waals surface area contributed by atoms with Gasteiger partial charge in [0.1, 0.15) is 6.61 Å². The van der Waals surface area contributed by atoms with Crippen LogP contribution in [0.1, 0.15) is 25.7 Å². The van der Waals surface area contributed by atoms with Crippen LogP contribution in [0, 0.1) is 11.8 Å².